The van der Waals surface area contributed by atoms with Crippen molar-refractivity contribution in [3.05, 3.63) is 11.1 Å². The first-order valence-electron chi connectivity index (χ1n) is 7.56. The zero-order chi connectivity index (χ0) is 19.9. The molecule has 0 atom stereocenters. The van der Waals surface area contributed by atoms with Crippen LogP contribution in [0.3, 0.4) is 0 Å². The number of H-pyrrole nitrogens is 1. The van der Waals surface area contributed by atoms with E-state index in [1.165, 1.54) is 18.7 Å². The molecule has 0 spiro atoms. The molecule has 0 amide bonds. The second-order valence-corrected chi connectivity index (χ2v) is 7.20. The molecule has 10 heteroatoms. The van der Waals surface area contributed by atoms with Crippen LogP contribution < -0.4 is 10.7 Å². The van der Waals surface area contributed by atoms with Crippen LogP contribution in [0.15, 0.2) is 9.92 Å². The lowest BCUT2D eigenvalue weighted by molar-refractivity contribution is -0.411. The number of nitrogens with two attached hydrogens (primary N) is 1. The molecule has 1 heterocycles. The first-order chi connectivity index (χ1) is 12.3. The third-order valence-corrected chi connectivity index (χ3v) is 5.33. The number of hydrogen-bond acceptors (Lipinski definition) is 9. The minimum atomic E-state index is -1.75. The zero-order valence-electron chi connectivity index (χ0n) is 14.8. The number of nitrogens with zero attached hydrogens (tertiary/aromatic N) is 2. The van der Waals surface area contributed by atoms with Gasteiger partial charge in [0.2, 0.25) is 4.75 Å². The Morgan fingerprint density at radius 1 is 1.15 bits per heavy atom. The number of pyridine rings is 1. The maximum atomic E-state index is 12.4. The number of nitriles is 2. The van der Waals surface area contributed by atoms with Crippen molar-refractivity contribution >= 4 is 41.3 Å². The van der Waals surface area contributed by atoms with E-state index in [0.29, 0.717) is 4.90 Å². The highest BCUT2D eigenvalue weighted by atomic mass is 32.2. The Balaban J connectivity index is 3.56. The lowest BCUT2D eigenvalue weighted by Crippen LogP contribution is -2.44. The van der Waals surface area contributed by atoms with Gasteiger partial charge in [-0.2, -0.15) is 10.5 Å². The van der Waals surface area contributed by atoms with Crippen molar-refractivity contribution in [1.29, 1.82) is 10.5 Å². The molecule has 3 N–H and O–H groups in total. The van der Waals surface area contributed by atoms with Gasteiger partial charge in [-0.3, -0.25) is 5.73 Å². The van der Waals surface area contributed by atoms with Crippen molar-refractivity contribution in [2.45, 2.75) is 35.4 Å². The number of esters is 2. The molecule has 0 fully saturated rings. The first kappa shape index (κ1) is 21.6. The summed E-state index contributed by atoms with van der Waals surface area (Å²) in [5, 5.41) is 19.0. The number of anilines is 1. The number of carbonyl (C=O) groups is 2. The molecule has 0 radical (unpaired) electrons. The van der Waals surface area contributed by atoms with Crippen molar-refractivity contribution in [3.8, 4) is 12.1 Å². The van der Waals surface area contributed by atoms with E-state index in [4.69, 9.17) is 15.2 Å². The standard InChI is InChI=1S/C16H18N4O4S2/c1-5-23-14(21)16(3,15(22)24-6-2)26-13-10(8-18)11(25-4)9(7-17)12(19)20-13/h5-6H2,1-4H3,(H2,19,20)/p+1. The van der Waals surface area contributed by atoms with Crippen molar-refractivity contribution < 1.29 is 24.0 Å². The van der Waals surface area contributed by atoms with E-state index in [0.717, 1.165) is 11.8 Å². The largest absolute Gasteiger partial charge is 0.465 e. The van der Waals surface area contributed by atoms with E-state index in [2.05, 4.69) is 4.98 Å². The summed E-state index contributed by atoms with van der Waals surface area (Å²) < 4.78 is 8.27. The van der Waals surface area contributed by atoms with Gasteiger partial charge >= 0.3 is 11.9 Å². The van der Waals surface area contributed by atoms with E-state index >= 15 is 0 Å². The molecule has 1 aromatic heterocycles. The van der Waals surface area contributed by atoms with Crippen LogP contribution >= 0.6 is 23.5 Å². The highest BCUT2D eigenvalue weighted by molar-refractivity contribution is 8.02. The Hall–Kier alpha value is -2.43. The molecule has 0 unspecified atom stereocenters. The van der Waals surface area contributed by atoms with Crippen LogP contribution in [0, 0.1) is 22.7 Å². The van der Waals surface area contributed by atoms with Crippen molar-refractivity contribution in [1.82, 2.24) is 0 Å². The number of aromatic amines is 1. The number of carbonyl (C=O) groups excluding carboxylic acids is 2. The van der Waals surface area contributed by atoms with Crippen LogP contribution in [-0.4, -0.2) is 36.2 Å². The summed E-state index contributed by atoms with van der Waals surface area (Å²) in [6.07, 6.45) is 1.70. The second kappa shape index (κ2) is 9.32. The monoisotopic (exact) mass is 395 g/mol. The van der Waals surface area contributed by atoms with Crippen LogP contribution in [0.2, 0.25) is 0 Å². The summed E-state index contributed by atoms with van der Waals surface area (Å²) in [4.78, 5) is 27.9. The van der Waals surface area contributed by atoms with Crippen LogP contribution in [0.25, 0.3) is 0 Å². The van der Waals surface area contributed by atoms with Gasteiger partial charge in [-0.1, -0.05) is 11.8 Å². The average molecular weight is 395 g/mol. The van der Waals surface area contributed by atoms with E-state index in [-0.39, 0.29) is 35.2 Å². The Labute approximate surface area is 160 Å². The molecular weight excluding hydrogens is 376 g/mol. The van der Waals surface area contributed by atoms with E-state index in [1.807, 2.05) is 12.1 Å². The predicted octanol–water partition coefficient (Wildman–Crippen LogP) is 1.53. The van der Waals surface area contributed by atoms with Gasteiger partial charge in [0.25, 0.3) is 5.82 Å². The lowest BCUT2D eigenvalue weighted by atomic mass is 10.2. The maximum Gasteiger partial charge on any atom is 0.334 e. The zero-order valence-corrected chi connectivity index (χ0v) is 16.5. The fourth-order valence-corrected chi connectivity index (χ4v) is 3.88. The Bertz CT molecular complexity index is 781. The van der Waals surface area contributed by atoms with Crippen molar-refractivity contribution in [2.24, 2.45) is 0 Å². The molecule has 0 aromatic carbocycles. The van der Waals surface area contributed by atoms with Gasteiger partial charge in [-0.05, 0) is 27.0 Å². The normalized spacial score (nSPS) is 10.5. The van der Waals surface area contributed by atoms with Gasteiger partial charge in [-0.25, -0.2) is 14.6 Å². The summed E-state index contributed by atoms with van der Waals surface area (Å²) >= 11 is 1.94. The number of rotatable bonds is 7. The summed E-state index contributed by atoms with van der Waals surface area (Å²) in [7, 11) is 0. The average Bonchev–Trinajstić information content (AvgIpc) is 2.61. The van der Waals surface area contributed by atoms with Gasteiger partial charge in [-0.15, -0.1) is 11.8 Å². The fourth-order valence-electron chi connectivity index (χ4n) is 2.00. The molecule has 1 aromatic rings. The van der Waals surface area contributed by atoms with Gasteiger partial charge < -0.3 is 9.47 Å². The highest BCUT2D eigenvalue weighted by Crippen LogP contribution is 2.38. The van der Waals surface area contributed by atoms with E-state index < -0.39 is 16.7 Å². The quantitative estimate of drug-likeness (QED) is 0.413. The van der Waals surface area contributed by atoms with Crippen molar-refractivity contribution in [2.75, 3.05) is 25.2 Å². The van der Waals surface area contributed by atoms with Gasteiger partial charge in [0, 0.05) is 0 Å². The molecule has 1 rings (SSSR count). The fraction of sp³-hybridized carbons (Fsp3) is 0.438. The molecule has 0 aliphatic heterocycles. The smallest absolute Gasteiger partial charge is 0.334 e. The summed E-state index contributed by atoms with van der Waals surface area (Å²) in [6.45, 7) is 4.75. The minimum Gasteiger partial charge on any atom is -0.465 e. The lowest BCUT2D eigenvalue weighted by Gasteiger charge is -2.23. The number of hydrogen-bond donors (Lipinski definition) is 1. The molecule has 0 aliphatic carbocycles. The minimum absolute atomic E-state index is 0.0356. The molecule has 0 aliphatic rings. The van der Waals surface area contributed by atoms with Gasteiger partial charge in [0.1, 0.15) is 17.7 Å². The Morgan fingerprint density at radius 3 is 2.04 bits per heavy atom. The maximum absolute atomic E-state index is 12.4. The molecular formula is C16H19N4O4S2+. The van der Waals surface area contributed by atoms with Gasteiger partial charge in [0.15, 0.2) is 10.6 Å². The second-order valence-electron chi connectivity index (χ2n) is 4.95. The topological polar surface area (TPSA) is 140 Å². The van der Waals surface area contributed by atoms with E-state index in [9.17, 15) is 20.1 Å². The predicted molar refractivity (Wildman–Crippen MR) is 96.1 cm³/mol. The molecule has 0 saturated heterocycles. The van der Waals surface area contributed by atoms with Gasteiger partial charge in [0.05, 0.1) is 18.1 Å². The number of nitrogens with one attached hydrogen (secondary N) is 1. The highest BCUT2D eigenvalue weighted by Gasteiger charge is 2.47. The summed E-state index contributed by atoms with van der Waals surface area (Å²) in [6, 6.07) is 3.94. The van der Waals surface area contributed by atoms with Crippen LogP contribution in [-0.2, 0) is 19.1 Å². The van der Waals surface area contributed by atoms with Crippen molar-refractivity contribution in [3.63, 3.8) is 0 Å². The molecule has 0 bridgehead atoms. The Morgan fingerprint density at radius 2 is 1.65 bits per heavy atom. The third-order valence-electron chi connectivity index (χ3n) is 3.26. The molecule has 26 heavy (non-hydrogen) atoms. The van der Waals surface area contributed by atoms with Crippen LogP contribution in [0.4, 0.5) is 5.82 Å². The SMILES string of the molecule is CCOC(=O)C(C)(Sc1[nH+]c(N)c(C#N)c(SC)c1C#N)C(=O)OCC. The molecule has 0 saturated carbocycles. The first-order valence-corrected chi connectivity index (χ1v) is 9.61. The number of aromatic nitrogens is 1. The number of nitrogen functional groups attached to an aromatic ring is 1. The summed E-state index contributed by atoms with van der Waals surface area (Å²) in [5.41, 5.74) is 6.12. The van der Waals surface area contributed by atoms with Crippen LogP contribution in [0.5, 0.6) is 0 Å². The molecule has 138 valence electrons. The summed E-state index contributed by atoms with van der Waals surface area (Å²) in [5.74, 6) is -1.56. The number of ether oxygens (including phenoxy) is 2. The number of thioether (sulfide) groups is 2. The van der Waals surface area contributed by atoms with E-state index in [1.54, 1.807) is 20.1 Å². The molecule has 8 nitrogen and oxygen atoms in total. The Kier molecular flexibility index (Phi) is 7.75. The van der Waals surface area contributed by atoms with Crippen LogP contribution in [0.1, 0.15) is 31.9 Å². The third kappa shape index (κ3) is 4.21.